The van der Waals surface area contributed by atoms with Gasteiger partial charge in [0.15, 0.2) is 0 Å². The normalized spacial score (nSPS) is 24.1. The van der Waals surface area contributed by atoms with E-state index in [2.05, 4.69) is 96.2 Å². The fourth-order valence-corrected chi connectivity index (χ4v) is 5.07. The summed E-state index contributed by atoms with van der Waals surface area (Å²) in [5.74, 6) is 2.71. The number of likely N-dealkylation sites (N-methyl/N-ethyl adjacent to an activating group) is 1. The van der Waals surface area contributed by atoms with Crippen molar-refractivity contribution >= 4 is 11.8 Å². The Morgan fingerprint density at radius 3 is 2.15 bits per heavy atom. The molecule has 2 saturated heterocycles. The molecule has 4 rings (SSSR count). The van der Waals surface area contributed by atoms with Gasteiger partial charge in [0.2, 0.25) is 0 Å². The molecule has 2 fully saturated rings. The fraction of sp³-hybridized carbons (Fsp3) is 0.478. The van der Waals surface area contributed by atoms with Gasteiger partial charge in [-0.15, -0.1) is 0 Å². The average molecular weight is 369 g/mol. The van der Waals surface area contributed by atoms with E-state index < -0.39 is 0 Å². The lowest BCUT2D eigenvalue weighted by atomic mass is 10.1. The molecule has 2 aliphatic heterocycles. The third-order valence-corrected chi connectivity index (χ3v) is 6.44. The lowest BCUT2D eigenvalue weighted by Gasteiger charge is -2.43. The minimum atomic E-state index is 0.766. The molecule has 0 N–H and O–H groups in total. The van der Waals surface area contributed by atoms with Crippen LogP contribution in [-0.2, 0) is 6.42 Å². The summed E-state index contributed by atoms with van der Waals surface area (Å²) in [6.45, 7) is 6.23. The highest BCUT2D eigenvalue weighted by Gasteiger charge is 2.31. The molecule has 0 aromatic heterocycles. The van der Waals surface area contributed by atoms with Crippen LogP contribution in [0.3, 0.4) is 0 Å². The molecule has 0 aliphatic carbocycles. The van der Waals surface area contributed by atoms with Crippen LogP contribution in [-0.4, -0.2) is 60.1 Å². The van der Waals surface area contributed by atoms with E-state index >= 15 is 0 Å². The van der Waals surface area contributed by atoms with Gasteiger partial charge in [0.05, 0.1) is 0 Å². The van der Waals surface area contributed by atoms with E-state index in [1.165, 1.54) is 48.7 Å². The molecule has 2 aliphatic rings. The quantitative estimate of drug-likeness (QED) is 0.775. The number of nitrogens with zero attached hydrogens (tertiary/aromatic N) is 2. The zero-order valence-corrected chi connectivity index (χ0v) is 17.0. The van der Waals surface area contributed by atoms with E-state index in [9.17, 15) is 0 Å². The molecule has 140 valence electrons. The Balaban J connectivity index is 0.000000151. The van der Waals surface area contributed by atoms with Crippen LogP contribution in [0.2, 0.25) is 0 Å². The number of thioether (sulfide) groups is 1. The summed E-state index contributed by atoms with van der Waals surface area (Å²) >= 11 is 2.14. The summed E-state index contributed by atoms with van der Waals surface area (Å²) in [5, 5.41) is 0. The van der Waals surface area contributed by atoms with Crippen molar-refractivity contribution in [3.8, 4) is 0 Å². The van der Waals surface area contributed by atoms with Crippen LogP contribution in [0.4, 0.5) is 0 Å². The Kier molecular flexibility index (Phi) is 7.60. The van der Waals surface area contributed by atoms with E-state index in [0.29, 0.717) is 0 Å². The van der Waals surface area contributed by atoms with Gasteiger partial charge < -0.3 is 4.90 Å². The highest BCUT2D eigenvalue weighted by molar-refractivity contribution is 7.99. The van der Waals surface area contributed by atoms with Gasteiger partial charge in [-0.2, -0.15) is 11.8 Å². The molecule has 0 amide bonds. The first kappa shape index (κ1) is 19.5. The minimum absolute atomic E-state index is 0.766. The number of rotatable bonds is 2. The summed E-state index contributed by atoms with van der Waals surface area (Å²) in [7, 11) is 2.25. The number of hydrogen-bond donors (Lipinski definition) is 0. The molecule has 2 unspecified atom stereocenters. The number of fused-ring (bicyclic) bond motifs is 1. The van der Waals surface area contributed by atoms with Gasteiger partial charge >= 0.3 is 0 Å². The summed E-state index contributed by atoms with van der Waals surface area (Å²) < 4.78 is 0. The van der Waals surface area contributed by atoms with E-state index in [4.69, 9.17) is 0 Å². The lowest BCUT2D eigenvalue weighted by molar-refractivity contribution is 0.0568. The smallest absolute Gasteiger partial charge is 0.0316 e. The van der Waals surface area contributed by atoms with Gasteiger partial charge in [-0.3, -0.25) is 4.90 Å². The van der Waals surface area contributed by atoms with Crippen molar-refractivity contribution in [1.29, 1.82) is 0 Å². The topological polar surface area (TPSA) is 6.48 Å². The summed E-state index contributed by atoms with van der Waals surface area (Å²) in [5.41, 5.74) is 2.74. The molecule has 0 saturated carbocycles. The van der Waals surface area contributed by atoms with Gasteiger partial charge in [-0.05, 0) is 50.2 Å². The molecule has 2 atom stereocenters. The van der Waals surface area contributed by atoms with Crippen molar-refractivity contribution in [3.05, 3.63) is 71.8 Å². The number of hydrogen-bond acceptors (Lipinski definition) is 3. The SMILES string of the molecule is CC1CN(C)CC2CSCCCN12.c1ccc(Cc2ccccc2)cc1. The average Bonchev–Trinajstić information content (AvgIpc) is 2.90. The second-order valence-corrected chi connectivity index (χ2v) is 8.69. The zero-order valence-electron chi connectivity index (χ0n) is 16.2. The predicted molar refractivity (Wildman–Crippen MR) is 115 cm³/mol. The number of piperazine rings is 1. The minimum Gasteiger partial charge on any atom is -0.303 e. The first-order chi connectivity index (χ1) is 12.7. The Morgan fingerprint density at radius 2 is 1.54 bits per heavy atom. The van der Waals surface area contributed by atoms with E-state index in [1.807, 2.05) is 0 Å². The van der Waals surface area contributed by atoms with Crippen molar-refractivity contribution < 1.29 is 0 Å². The molecule has 0 radical (unpaired) electrons. The molecule has 0 spiro atoms. The van der Waals surface area contributed by atoms with Crippen molar-refractivity contribution in [2.45, 2.75) is 31.8 Å². The standard InChI is InChI=1S/C13H12.C10H20N2S/c1-3-7-12(8-4-1)11-13-9-5-2-6-10-13;1-9-6-11(2)7-10-8-13-5-3-4-12(9)10/h1-10H,11H2;9-10H,3-8H2,1-2H3. The van der Waals surface area contributed by atoms with Crippen LogP contribution in [0, 0.1) is 0 Å². The molecule has 2 nitrogen and oxygen atoms in total. The van der Waals surface area contributed by atoms with Crippen LogP contribution in [0.1, 0.15) is 24.5 Å². The first-order valence-corrected chi connectivity index (χ1v) is 11.0. The predicted octanol–water partition coefficient (Wildman–Crippen LogP) is 4.41. The molecule has 2 aromatic rings. The largest absolute Gasteiger partial charge is 0.303 e. The fourth-order valence-electron chi connectivity index (χ4n) is 4.00. The molecular weight excluding hydrogens is 336 g/mol. The summed E-state index contributed by atoms with van der Waals surface area (Å²) in [6, 6.07) is 22.7. The van der Waals surface area contributed by atoms with Crippen molar-refractivity contribution in [1.82, 2.24) is 9.80 Å². The molecule has 26 heavy (non-hydrogen) atoms. The molecule has 3 heteroatoms. The monoisotopic (exact) mass is 368 g/mol. The van der Waals surface area contributed by atoms with Crippen LogP contribution in [0.15, 0.2) is 60.7 Å². The third kappa shape index (κ3) is 5.87. The van der Waals surface area contributed by atoms with Crippen LogP contribution < -0.4 is 0 Å². The van der Waals surface area contributed by atoms with E-state index in [1.54, 1.807) is 0 Å². The second kappa shape index (κ2) is 10.1. The van der Waals surface area contributed by atoms with Gasteiger partial charge in [0.25, 0.3) is 0 Å². The van der Waals surface area contributed by atoms with Gasteiger partial charge in [-0.25, -0.2) is 0 Å². The Morgan fingerprint density at radius 1 is 0.923 bits per heavy atom. The molecule has 0 bridgehead atoms. The lowest BCUT2D eigenvalue weighted by Crippen LogP contribution is -2.57. The van der Waals surface area contributed by atoms with E-state index in [0.717, 1.165) is 18.5 Å². The van der Waals surface area contributed by atoms with Gasteiger partial charge in [0.1, 0.15) is 0 Å². The number of benzene rings is 2. The summed E-state index contributed by atoms with van der Waals surface area (Å²) in [6.07, 6.45) is 2.41. The second-order valence-electron chi connectivity index (χ2n) is 7.54. The maximum Gasteiger partial charge on any atom is 0.0316 e. The Bertz CT molecular complexity index is 594. The van der Waals surface area contributed by atoms with Gasteiger partial charge in [0, 0.05) is 30.9 Å². The van der Waals surface area contributed by atoms with Crippen molar-refractivity contribution in [2.24, 2.45) is 0 Å². The van der Waals surface area contributed by atoms with Crippen LogP contribution >= 0.6 is 11.8 Å². The van der Waals surface area contributed by atoms with E-state index in [-0.39, 0.29) is 0 Å². The van der Waals surface area contributed by atoms with Crippen molar-refractivity contribution in [3.63, 3.8) is 0 Å². The first-order valence-electron chi connectivity index (χ1n) is 9.82. The maximum absolute atomic E-state index is 2.72. The Hall–Kier alpha value is -1.29. The highest BCUT2D eigenvalue weighted by atomic mass is 32.2. The third-order valence-electron chi connectivity index (χ3n) is 5.24. The zero-order chi connectivity index (χ0) is 18.2. The molecular formula is C23H32N2S. The molecule has 2 aromatic carbocycles. The Labute approximate surface area is 163 Å². The maximum atomic E-state index is 2.72. The van der Waals surface area contributed by atoms with Crippen LogP contribution in [0.5, 0.6) is 0 Å². The van der Waals surface area contributed by atoms with Gasteiger partial charge in [-0.1, -0.05) is 60.7 Å². The van der Waals surface area contributed by atoms with Crippen molar-refractivity contribution in [2.75, 3.05) is 38.2 Å². The summed E-state index contributed by atoms with van der Waals surface area (Å²) in [4.78, 5) is 5.21. The highest BCUT2D eigenvalue weighted by Crippen LogP contribution is 2.22. The van der Waals surface area contributed by atoms with Crippen LogP contribution in [0.25, 0.3) is 0 Å². The molecule has 2 heterocycles.